The molecule has 2 aromatic carbocycles. The van der Waals surface area contributed by atoms with Crippen molar-refractivity contribution < 1.29 is 4.79 Å². The Balaban J connectivity index is 1.65. The molecule has 0 aliphatic rings. The van der Waals surface area contributed by atoms with Crippen LogP contribution in [0, 0.1) is 0 Å². The fraction of sp³-hybridized carbons (Fsp3) is 0.136. The van der Waals surface area contributed by atoms with Gasteiger partial charge in [0.2, 0.25) is 0 Å². The molecule has 0 amide bonds. The van der Waals surface area contributed by atoms with Gasteiger partial charge >= 0.3 is 0 Å². The zero-order chi connectivity index (χ0) is 17.6. The summed E-state index contributed by atoms with van der Waals surface area (Å²) < 4.78 is 0. The lowest BCUT2D eigenvalue weighted by Gasteiger charge is -2.11. The Labute approximate surface area is 153 Å². The number of anilines is 1. The zero-order valence-corrected chi connectivity index (χ0v) is 15.3. The largest absolute Gasteiger partial charge is 0.378 e. The molecule has 0 unspecified atom stereocenters. The van der Waals surface area contributed by atoms with Gasteiger partial charge in [-0.1, -0.05) is 48.5 Å². The highest BCUT2D eigenvalue weighted by Crippen LogP contribution is 2.21. The van der Waals surface area contributed by atoms with Gasteiger partial charge in [0.15, 0.2) is 5.78 Å². The minimum atomic E-state index is 0.0565. The average molecular weight is 347 g/mol. The van der Waals surface area contributed by atoms with E-state index in [4.69, 9.17) is 0 Å². The first-order valence-electron chi connectivity index (χ1n) is 8.24. The summed E-state index contributed by atoms with van der Waals surface area (Å²) >= 11 is 1.57. The highest BCUT2D eigenvalue weighted by Gasteiger charge is 2.07. The Bertz CT molecular complexity index is 861. The van der Waals surface area contributed by atoms with Crippen molar-refractivity contribution in [2.45, 2.75) is 6.42 Å². The van der Waals surface area contributed by atoms with Crippen LogP contribution in [0.5, 0.6) is 0 Å². The van der Waals surface area contributed by atoms with Gasteiger partial charge in [0, 0.05) is 31.1 Å². The highest BCUT2D eigenvalue weighted by atomic mass is 32.1. The summed E-state index contributed by atoms with van der Waals surface area (Å²) in [4.78, 5) is 16.4. The second kappa shape index (κ2) is 7.95. The lowest BCUT2D eigenvalue weighted by molar-refractivity contribution is 0.105. The van der Waals surface area contributed by atoms with Gasteiger partial charge < -0.3 is 4.90 Å². The van der Waals surface area contributed by atoms with Crippen LogP contribution in [0.4, 0.5) is 5.69 Å². The molecule has 0 spiro atoms. The standard InChI is InChI=1S/C22H21NOS/c1-23(2)19-11-8-17(9-12-19)10-14-21(24)22-15-13-20(25-22)16-18-6-4-3-5-7-18/h3-15H,16H2,1-2H3/b14-10+. The molecular weight excluding hydrogens is 326 g/mol. The van der Waals surface area contributed by atoms with Crippen molar-refractivity contribution in [3.05, 3.63) is 93.7 Å². The van der Waals surface area contributed by atoms with Gasteiger partial charge in [0.05, 0.1) is 4.88 Å². The summed E-state index contributed by atoms with van der Waals surface area (Å²) in [5.74, 6) is 0.0565. The normalized spacial score (nSPS) is 11.0. The minimum Gasteiger partial charge on any atom is -0.378 e. The summed E-state index contributed by atoms with van der Waals surface area (Å²) in [7, 11) is 4.02. The van der Waals surface area contributed by atoms with Gasteiger partial charge in [-0.15, -0.1) is 11.3 Å². The molecule has 0 aliphatic carbocycles. The van der Waals surface area contributed by atoms with Gasteiger partial charge in [-0.25, -0.2) is 0 Å². The molecule has 0 atom stereocenters. The predicted octanol–water partition coefficient (Wildman–Crippen LogP) is 5.30. The Morgan fingerprint density at radius 1 is 0.960 bits per heavy atom. The molecule has 0 fully saturated rings. The SMILES string of the molecule is CN(C)c1ccc(/C=C/C(=O)c2ccc(Cc3ccccc3)s2)cc1. The number of hydrogen-bond donors (Lipinski definition) is 0. The van der Waals surface area contributed by atoms with Gasteiger partial charge in [0.1, 0.15) is 0 Å². The number of carbonyl (C=O) groups excluding carboxylic acids is 1. The number of hydrogen-bond acceptors (Lipinski definition) is 3. The molecule has 0 saturated carbocycles. The molecule has 0 saturated heterocycles. The molecule has 2 nitrogen and oxygen atoms in total. The van der Waals surface area contributed by atoms with E-state index in [9.17, 15) is 4.79 Å². The molecule has 3 rings (SSSR count). The van der Waals surface area contributed by atoms with Crippen LogP contribution >= 0.6 is 11.3 Å². The Hall–Kier alpha value is -2.65. The van der Waals surface area contributed by atoms with Crippen LogP contribution in [0.2, 0.25) is 0 Å². The summed E-state index contributed by atoms with van der Waals surface area (Å²) in [6.45, 7) is 0. The van der Waals surface area contributed by atoms with Crippen LogP contribution in [0.15, 0.2) is 72.8 Å². The Morgan fingerprint density at radius 3 is 2.36 bits per heavy atom. The zero-order valence-electron chi connectivity index (χ0n) is 14.5. The molecule has 0 bridgehead atoms. The van der Waals surface area contributed by atoms with E-state index in [0.717, 1.165) is 22.5 Å². The fourth-order valence-electron chi connectivity index (χ4n) is 2.54. The van der Waals surface area contributed by atoms with Crippen LogP contribution in [-0.2, 0) is 6.42 Å². The van der Waals surface area contributed by atoms with Crippen LogP contribution < -0.4 is 4.90 Å². The third-order valence-corrected chi connectivity index (χ3v) is 5.06. The van der Waals surface area contributed by atoms with Crippen molar-refractivity contribution in [2.24, 2.45) is 0 Å². The van der Waals surface area contributed by atoms with E-state index in [1.807, 2.05) is 74.8 Å². The van der Waals surface area contributed by atoms with E-state index in [2.05, 4.69) is 17.0 Å². The second-order valence-electron chi connectivity index (χ2n) is 6.11. The number of allylic oxidation sites excluding steroid dienone is 1. The predicted molar refractivity (Wildman–Crippen MR) is 108 cm³/mol. The molecule has 0 aliphatic heterocycles. The number of thiophene rings is 1. The Morgan fingerprint density at radius 2 is 1.68 bits per heavy atom. The van der Waals surface area contributed by atoms with Crippen LogP contribution in [-0.4, -0.2) is 19.9 Å². The van der Waals surface area contributed by atoms with Gasteiger partial charge in [-0.05, 0) is 41.5 Å². The van der Waals surface area contributed by atoms with Crippen LogP contribution in [0.25, 0.3) is 6.08 Å². The maximum atomic E-state index is 12.4. The van der Waals surface area contributed by atoms with Crippen LogP contribution in [0.1, 0.15) is 25.7 Å². The number of carbonyl (C=O) groups is 1. The van der Waals surface area contributed by atoms with Crippen molar-refractivity contribution in [1.29, 1.82) is 0 Å². The summed E-state index contributed by atoms with van der Waals surface area (Å²) in [6.07, 6.45) is 4.40. The number of nitrogens with zero attached hydrogens (tertiary/aromatic N) is 1. The number of benzene rings is 2. The highest BCUT2D eigenvalue weighted by molar-refractivity contribution is 7.14. The fourth-order valence-corrected chi connectivity index (χ4v) is 3.50. The van der Waals surface area contributed by atoms with Crippen molar-refractivity contribution in [3.63, 3.8) is 0 Å². The van der Waals surface area contributed by atoms with Crippen molar-refractivity contribution in [2.75, 3.05) is 19.0 Å². The van der Waals surface area contributed by atoms with Gasteiger partial charge in [-0.3, -0.25) is 4.79 Å². The summed E-state index contributed by atoms with van der Waals surface area (Å²) in [5.41, 5.74) is 3.44. The molecule has 3 aromatic rings. The average Bonchev–Trinajstić information content (AvgIpc) is 3.09. The molecule has 1 heterocycles. The first-order chi connectivity index (χ1) is 12.1. The molecule has 0 N–H and O–H groups in total. The van der Waals surface area contributed by atoms with Crippen molar-refractivity contribution in [1.82, 2.24) is 0 Å². The quantitative estimate of drug-likeness (QED) is 0.445. The lowest BCUT2D eigenvalue weighted by atomic mass is 10.1. The van der Waals surface area contributed by atoms with E-state index < -0.39 is 0 Å². The van der Waals surface area contributed by atoms with Crippen LogP contribution in [0.3, 0.4) is 0 Å². The van der Waals surface area contributed by atoms with E-state index in [1.54, 1.807) is 17.4 Å². The molecule has 1 aromatic heterocycles. The van der Waals surface area contributed by atoms with E-state index in [0.29, 0.717) is 0 Å². The first kappa shape index (κ1) is 17.2. The molecule has 25 heavy (non-hydrogen) atoms. The summed E-state index contributed by atoms with van der Waals surface area (Å²) in [5, 5.41) is 0. The maximum absolute atomic E-state index is 12.4. The lowest BCUT2D eigenvalue weighted by Crippen LogP contribution is -2.07. The van der Waals surface area contributed by atoms with Crippen molar-refractivity contribution in [3.8, 4) is 0 Å². The smallest absolute Gasteiger partial charge is 0.195 e. The topological polar surface area (TPSA) is 20.3 Å². The Kier molecular flexibility index (Phi) is 5.46. The third kappa shape index (κ3) is 4.68. The van der Waals surface area contributed by atoms with E-state index in [1.165, 1.54) is 10.4 Å². The van der Waals surface area contributed by atoms with E-state index in [-0.39, 0.29) is 5.78 Å². The van der Waals surface area contributed by atoms with E-state index >= 15 is 0 Å². The van der Waals surface area contributed by atoms with Crippen molar-refractivity contribution >= 4 is 28.9 Å². The maximum Gasteiger partial charge on any atom is 0.195 e. The number of ketones is 1. The minimum absolute atomic E-state index is 0.0565. The molecule has 3 heteroatoms. The van der Waals surface area contributed by atoms with Gasteiger partial charge in [0.25, 0.3) is 0 Å². The molecular formula is C22H21NOS. The second-order valence-corrected chi connectivity index (χ2v) is 7.28. The monoisotopic (exact) mass is 347 g/mol. The summed E-state index contributed by atoms with van der Waals surface area (Å²) in [6, 6.07) is 22.4. The molecule has 126 valence electrons. The van der Waals surface area contributed by atoms with Gasteiger partial charge in [-0.2, -0.15) is 0 Å². The first-order valence-corrected chi connectivity index (χ1v) is 9.06. The third-order valence-electron chi connectivity index (χ3n) is 3.96. The number of rotatable bonds is 6. The molecule has 0 radical (unpaired) electrons.